The van der Waals surface area contributed by atoms with Crippen LogP contribution in [-0.2, 0) is 4.79 Å². The predicted molar refractivity (Wildman–Crippen MR) is 128 cm³/mol. The summed E-state index contributed by atoms with van der Waals surface area (Å²) >= 11 is 6.11. The van der Waals surface area contributed by atoms with E-state index in [1.807, 2.05) is 6.92 Å². The maximum atomic E-state index is 12.4. The average molecular weight is 489 g/mol. The Morgan fingerprint density at radius 3 is 2.09 bits per heavy atom. The molecule has 3 rings (SSSR count). The van der Waals surface area contributed by atoms with E-state index in [1.54, 1.807) is 42.5 Å². The molecule has 0 heterocycles. The van der Waals surface area contributed by atoms with Gasteiger partial charge in [0.1, 0.15) is 11.5 Å². The molecule has 2 aromatic carbocycles. The van der Waals surface area contributed by atoms with Crippen molar-refractivity contribution in [2.24, 2.45) is 5.92 Å². The number of ether oxygens (including phenoxy) is 2. The smallest absolute Gasteiger partial charge is 0.306 e. The first-order chi connectivity index (χ1) is 16.4. The third-order valence-corrected chi connectivity index (χ3v) is 5.93. The molecule has 1 fully saturated rings. The van der Waals surface area contributed by atoms with Crippen molar-refractivity contribution in [2.45, 2.75) is 38.7 Å². The second-order valence-corrected chi connectivity index (χ2v) is 8.45. The molecule has 1 aliphatic rings. The highest BCUT2D eigenvalue weighted by Crippen LogP contribution is 2.28. The second kappa shape index (κ2) is 12.3. The highest BCUT2D eigenvalue weighted by atomic mass is 35.5. The van der Waals surface area contributed by atoms with E-state index in [4.69, 9.17) is 26.2 Å². The maximum Gasteiger partial charge on any atom is 0.306 e. The standard InChI is InChI=1S/C25H29ClN2O6/c1-2-33-22-12-7-18(15-21(22)26)24(30)28-14-13-27-23(29)16-3-8-19(9-4-16)34-20-10-5-17(6-11-20)25(31)32/h3-4,7-9,12,15,17,20H,2,5-6,10-11,13-14H2,1H3,(H,27,29)(H,28,30)(H,31,32). The Bertz CT molecular complexity index is 1000. The van der Waals surface area contributed by atoms with Crippen molar-refractivity contribution in [2.75, 3.05) is 19.7 Å². The number of hydrogen-bond donors (Lipinski definition) is 3. The van der Waals surface area contributed by atoms with Crippen LogP contribution in [0.1, 0.15) is 53.3 Å². The molecule has 3 N–H and O–H groups in total. The summed E-state index contributed by atoms with van der Waals surface area (Å²) in [6.07, 6.45) is 2.62. The van der Waals surface area contributed by atoms with Gasteiger partial charge < -0.3 is 25.2 Å². The fraction of sp³-hybridized carbons (Fsp3) is 0.400. The highest BCUT2D eigenvalue weighted by Gasteiger charge is 2.26. The van der Waals surface area contributed by atoms with Crippen LogP contribution in [-0.4, -0.2) is 48.7 Å². The summed E-state index contributed by atoms with van der Waals surface area (Å²) in [5, 5.41) is 14.9. The summed E-state index contributed by atoms with van der Waals surface area (Å²) in [4.78, 5) is 35.7. The average Bonchev–Trinajstić information content (AvgIpc) is 2.83. The van der Waals surface area contributed by atoms with Gasteiger partial charge in [-0.05, 0) is 75.1 Å². The van der Waals surface area contributed by atoms with Crippen molar-refractivity contribution < 1.29 is 29.0 Å². The lowest BCUT2D eigenvalue weighted by Crippen LogP contribution is -2.34. The van der Waals surface area contributed by atoms with E-state index >= 15 is 0 Å². The van der Waals surface area contributed by atoms with Crippen LogP contribution in [0.25, 0.3) is 0 Å². The molecule has 0 atom stereocenters. The van der Waals surface area contributed by atoms with Gasteiger partial charge in [0.05, 0.1) is 23.7 Å². The van der Waals surface area contributed by atoms with Crippen LogP contribution in [0.5, 0.6) is 11.5 Å². The van der Waals surface area contributed by atoms with Gasteiger partial charge in [-0.3, -0.25) is 14.4 Å². The first-order valence-electron chi connectivity index (χ1n) is 11.4. The lowest BCUT2D eigenvalue weighted by molar-refractivity contribution is -0.143. The molecular formula is C25H29ClN2O6. The summed E-state index contributed by atoms with van der Waals surface area (Å²) in [7, 11) is 0. The molecule has 2 aromatic rings. The zero-order chi connectivity index (χ0) is 24.5. The van der Waals surface area contributed by atoms with Crippen molar-refractivity contribution in [3.8, 4) is 11.5 Å². The Balaban J connectivity index is 1.39. The van der Waals surface area contributed by atoms with E-state index < -0.39 is 5.97 Å². The lowest BCUT2D eigenvalue weighted by Gasteiger charge is -2.26. The van der Waals surface area contributed by atoms with Gasteiger partial charge in [0.25, 0.3) is 11.8 Å². The van der Waals surface area contributed by atoms with Gasteiger partial charge in [0.15, 0.2) is 0 Å². The summed E-state index contributed by atoms with van der Waals surface area (Å²) in [5.74, 6) is -0.403. The van der Waals surface area contributed by atoms with Crippen molar-refractivity contribution in [3.05, 3.63) is 58.6 Å². The summed E-state index contributed by atoms with van der Waals surface area (Å²) in [6.45, 7) is 2.86. The van der Waals surface area contributed by atoms with Gasteiger partial charge in [-0.1, -0.05) is 11.6 Å². The number of hydrogen-bond acceptors (Lipinski definition) is 5. The minimum atomic E-state index is -0.742. The normalized spacial score (nSPS) is 17.5. The van der Waals surface area contributed by atoms with Gasteiger partial charge in [-0.25, -0.2) is 0 Å². The monoisotopic (exact) mass is 488 g/mol. The SMILES string of the molecule is CCOc1ccc(C(=O)NCCNC(=O)c2ccc(OC3CCC(C(=O)O)CC3)cc2)cc1Cl. The third kappa shape index (κ3) is 7.12. The number of halogens is 1. The van der Waals surface area contributed by atoms with Crippen molar-refractivity contribution in [1.29, 1.82) is 0 Å². The van der Waals surface area contributed by atoms with Crippen LogP contribution in [0.2, 0.25) is 5.02 Å². The molecule has 0 spiro atoms. The molecule has 1 saturated carbocycles. The molecule has 0 bridgehead atoms. The van der Waals surface area contributed by atoms with Crippen molar-refractivity contribution in [1.82, 2.24) is 10.6 Å². The van der Waals surface area contributed by atoms with Crippen molar-refractivity contribution in [3.63, 3.8) is 0 Å². The molecule has 34 heavy (non-hydrogen) atoms. The molecule has 0 aliphatic heterocycles. The van der Waals surface area contributed by atoms with E-state index in [0.717, 1.165) is 0 Å². The summed E-state index contributed by atoms with van der Waals surface area (Å²) in [6, 6.07) is 11.6. The zero-order valence-electron chi connectivity index (χ0n) is 19.0. The Hall–Kier alpha value is -3.26. The number of amides is 2. The molecular weight excluding hydrogens is 460 g/mol. The maximum absolute atomic E-state index is 12.4. The van der Waals surface area contributed by atoms with Crippen LogP contribution in [0.15, 0.2) is 42.5 Å². The molecule has 0 unspecified atom stereocenters. The number of benzene rings is 2. The van der Waals surface area contributed by atoms with Crippen LogP contribution in [0, 0.1) is 5.92 Å². The topological polar surface area (TPSA) is 114 Å². The van der Waals surface area contributed by atoms with Crippen LogP contribution in [0.3, 0.4) is 0 Å². The largest absolute Gasteiger partial charge is 0.492 e. The Morgan fingerprint density at radius 1 is 0.941 bits per heavy atom. The molecule has 9 heteroatoms. The number of carbonyl (C=O) groups excluding carboxylic acids is 2. The van der Waals surface area contributed by atoms with Crippen LogP contribution >= 0.6 is 11.6 Å². The minimum absolute atomic E-state index is 0.0101. The molecule has 0 radical (unpaired) electrons. The highest BCUT2D eigenvalue weighted by molar-refractivity contribution is 6.32. The Morgan fingerprint density at radius 2 is 1.53 bits per heavy atom. The van der Waals surface area contributed by atoms with E-state index in [9.17, 15) is 14.4 Å². The predicted octanol–water partition coefficient (Wildman–Crippen LogP) is 3.92. The minimum Gasteiger partial charge on any atom is -0.492 e. The molecule has 8 nitrogen and oxygen atoms in total. The molecule has 182 valence electrons. The number of carboxylic acids is 1. The van der Waals surface area contributed by atoms with Gasteiger partial charge in [0, 0.05) is 24.2 Å². The Kier molecular flexibility index (Phi) is 9.16. The van der Waals surface area contributed by atoms with Crippen molar-refractivity contribution >= 4 is 29.4 Å². The van der Waals surface area contributed by atoms with E-state index in [1.165, 1.54) is 0 Å². The molecule has 0 saturated heterocycles. The number of carbonyl (C=O) groups is 3. The van der Waals surface area contributed by atoms with E-state index in [0.29, 0.717) is 59.9 Å². The fourth-order valence-electron chi connectivity index (χ4n) is 3.78. The number of aliphatic carboxylic acids is 1. The third-order valence-electron chi connectivity index (χ3n) is 5.63. The summed E-state index contributed by atoms with van der Waals surface area (Å²) in [5.41, 5.74) is 0.887. The molecule has 2 amide bonds. The van der Waals surface area contributed by atoms with Crippen LogP contribution < -0.4 is 20.1 Å². The summed E-state index contributed by atoms with van der Waals surface area (Å²) < 4.78 is 11.3. The Labute approximate surface area is 203 Å². The number of rotatable bonds is 10. The first-order valence-corrected chi connectivity index (χ1v) is 11.7. The molecule has 1 aliphatic carbocycles. The second-order valence-electron chi connectivity index (χ2n) is 8.04. The fourth-order valence-corrected chi connectivity index (χ4v) is 4.01. The number of carboxylic acid groups (broad SMARTS) is 1. The van der Waals surface area contributed by atoms with Crippen LogP contribution in [0.4, 0.5) is 0 Å². The van der Waals surface area contributed by atoms with Gasteiger partial charge >= 0.3 is 5.97 Å². The van der Waals surface area contributed by atoms with Gasteiger partial charge in [-0.2, -0.15) is 0 Å². The first kappa shape index (κ1) is 25.4. The quantitative estimate of drug-likeness (QED) is 0.437. The van der Waals surface area contributed by atoms with E-state index in [-0.39, 0.29) is 36.9 Å². The lowest BCUT2D eigenvalue weighted by atomic mass is 9.87. The van der Waals surface area contributed by atoms with Gasteiger partial charge in [0.2, 0.25) is 0 Å². The number of nitrogens with one attached hydrogen (secondary N) is 2. The molecule has 0 aromatic heterocycles. The zero-order valence-corrected chi connectivity index (χ0v) is 19.8. The van der Waals surface area contributed by atoms with E-state index in [2.05, 4.69) is 10.6 Å². The van der Waals surface area contributed by atoms with Gasteiger partial charge in [-0.15, -0.1) is 0 Å².